The standard InChI is InChI=1S/C22H32N4O3/c1-28-20-5-2-4-18(21(20)29-13-3-10-25-12-9-24-17-25)15-26-11-7-22(27)6-8-23-14-19(22)16-26/h2,4-5,9,12,17,19,23,27H,3,6-8,10-11,13-16H2,1H3/t19-,22-/m0/s1. The number of likely N-dealkylation sites (tertiary alicyclic amines) is 1. The smallest absolute Gasteiger partial charge is 0.165 e. The van der Waals surface area contributed by atoms with Gasteiger partial charge in [0, 0.05) is 56.6 Å². The largest absolute Gasteiger partial charge is 0.493 e. The summed E-state index contributed by atoms with van der Waals surface area (Å²) in [5.41, 5.74) is 0.643. The van der Waals surface area contributed by atoms with Crippen molar-refractivity contribution >= 4 is 0 Å². The summed E-state index contributed by atoms with van der Waals surface area (Å²) < 4.78 is 13.8. The van der Waals surface area contributed by atoms with Crippen LogP contribution in [-0.2, 0) is 13.1 Å². The van der Waals surface area contributed by atoms with Gasteiger partial charge in [-0.1, -0.05) is 12.1 Å². The molecule has 0 bridgehead atoms. The maximum absolute atomic E-state index is 10.9. The van der Waals surface area contributed by atoms with Gasteiger partial charge < -0.3 is 24.5 Å². The van der Waals surface area contributed by atoms with E-state index in [0.717, 1.165) is 75.6 Å². The zero-order valence-electron chi connectivity index (χ0n) is 17.2. The highest BCUT2D eigenvalue weighted by atomic mass is 16.5. The lowest BCUT2D eigenvalue weighted by molar-refractivity contribution is -0.0900. The van der Waals surface area contributed by atoms with Gasteiger partial charge in [-0.3, -0.25) is 4.90 Å². The van der Waals surface area contributed by atoms with Crippen LogP contribution in [0.1, 0.15) is 24.8 Å². The Morgan fingerprint density at radius 2 is 2.28 bits per heavy atom. The second-order valence-corrected chi connectivity index (χ2v) is 8.19. The molecule has 0 radical (unpaired) electrons. The van der Waals surface area contributed by atoms with E-state index < -0.39 is 5.60 Å². The Morgan fingerprint density at radius 3 is 3.10 bits per heavy atom. The molecular formula is C22H32N4O3. The van der Waals surface area contributed by atoms with Crippen molar-refractivity contribution in [3.8, 4) is 11.5 Å². The third kappa shape index (κ3) is 4.74. The molecule has 0 amide bonds. The Kier molecular flexibility index (Phi) is 6.37. The predicted molar refractivity (Wildman–Crippen MR) is 111 cm³/mol. The quantitative estimate of drug-likeness (QED) is 0.660. The number of methoxy groups -OCH3 is 1. The number of rotatable bonds is 8. The number of imidazole rings is 1. The topological polar surface area (TPSA) is 71.8 Å². The molecule has 4 rings (SSSR count). The number of ether oxygens (including phenoxy) is 2. The van der Waals surface area contributed by atoms with Crippen LogP contribution in [0.25, 0.3) is 0 Å². The van der Waals surface area contributed by atoms with E-state index in [9.17, 15) is 5.11 Å². The number of hydrogen-bond acceptors (Lipinski definition) is 6. The first-order valence-electron chi connectivity index (χ1n) is 10.6. The second-order valence-electron chi connectivity index (χ2n) is 8.19. The Labute approximate surface area is 172 Å². The Morgan fingerprint density at radius 1 is 1.34 bits per heavy atom. The lowest BCUT2D eigenvalue weighted by Gasteiger charge is -2.47. The van der Waals surface area contributed by atoms with Crippen LogP contribution in [0.15, 0.2) is 36.9 Å². The normalized spacial score (nSPS) is 24.8. The van der Waals surface area contributed by atoms with Crippen LogP contribution < -0.4 is 14.8 Å². The van der Waals surface area contributed by atoms with Gasteiger partial charge in [0.15, 0.2) is 11.5 Å². The van der Waals surface area contributed by atoms with E-state index in [4.69, 9.17) is 9.47 Å². The zero-order chi connectivity index (χ0) is 20.1. The molecule has 0 spiro atoms. The lowest BCUT2D eigenvalue weighted by atomic mass is 9.76. The van der Waals surface area contributed by atoms with Crippen LogP contribution in [0.5, 0.6) is 11.5 Å². The van der Waals surface area contributed by atoms with Crippen molar-refractivity contribution in [1.82, 2.24) is 19.8 Å². The van der Waals surface area contributed by atoms with Crippen LogP contribution in [0.3, 0.4) is 0 Å². The van der Waals surface area contributed by atoms with Crippen LogP contribution in [0.4, 0.5) is 0 Å². The minimum absolute atomic E-state index is 0.287. The number of aryl methyl sites for hydroxylation is 1. The molecule has 29 heavy (non-hydrogen) atoms. The Hall–Kier alpha value is -2.09. The Bertz CT molecular complexity index is 782. The number of benzene rings is 1. The van der Waals surface area contributed by atoms with Crippen LogP contribution >= 0.6 is 0 Å². The van der Waals surface area contributed by atoms with Gasteiger partial charge in [0.05, 0.1) is 25.6 Å². The van der Waals surface area contributed by atoms with E-state index in [1.54, 1.807) is 13.3 Å². The third-order valence-electron chi connectivity index (χ3n) is 6.27. The molecule has 0 aliphatic carbocycles. The molecule has 1 aromatic heterocycles. The number of piperidine rings is 2. The molecule has 2 N–H and O–H groups in total. The van der Waals surface area contributed by atoms with Crippen LogP contribution in [0, 0.1) is 5.92 Å². The summed E-state index contributed by atoms with van der Waals surface area (Å²) in [7, 11) is 1.69. The van der Waals surface area contributed by atoms with Gasteiger partial charge in [0.25, 0.3) is 0 Å². The molecule has 2 aliphatic rings. The summed E-state index contributed by atoms with van der Waals surface area (Å²) in [6.07, 6.45) is 8.18. The summed E-state index contributed by atoms with van der Waals surface area (Å²) in [6, 6.07) is 6.09. The van der Waals surface area contributed by atoms with Gasteiger partial charge in [0.1, 0.15) is 0 Å². The molecular weight excluding hydrogens is 368 g/mol. The molecule has 2 atom stereocenters. The zero-order valence-corrected chi connectivity index (χ0v) is 17.2. The van der Waals surface area contributed by atoms with Gasteiger partial charge >= 0.3 is 0 Å². The van der Waals surface area contributed by atoms with Gasteiger partial charge in [-0.15, -0.1) is 0 Å². The SMILES string of the molecule is COc1cccc(CN2CC[C@@]3(O)CCNC[C@H]3C2)c1OCCCn1ccnc1. The van der Waals surface area contributed by atoms with Gasteiger partial charge in [-0.2, -0.15) is 0 Å². The fourth-order valence-corrected chi connectivity index (χ4v) is 4.53. The predicted octanol–water partition coefficient (Wildman–Crippen LogP) is 1.91. The monoisotopic (exact) mass is 400 g/mol. The van der Waals surface area contributed by atoms with E-state index in [2.05, 4.69) is 25.8 Å². The molecule has 7 nitrogen and oxygen atoms in total. The van der Waals surface area contributed by atoms with Crippen LogP contribution in [-0.4, -0.2) is 65.1 Å². The third-order valence-corrected chi connectivity index (χ3v) is 6.27. The summed E-state index contributed by atoms with van der Waals surface area (Å²) in [5.74, 6) is 1.90. The minimum Gasteiger partial charge on any atom is -0.493 e. The van der Waals surface area contributed by atoms with Crippen LogP contribution in [0.2, 0.25) is 0 Å². The molecule has 0 unspecified atom stereocenters. The maximum Gasteiger partial charge on any atom is 0.165 e. The Balaban J connectivity index is 1.39. The number of aromatic nitrogens is 2. The van der Waals surface area contributed by atoms with Gasteiger partial charge in [0.2, 0.25) is 0 Å². The summed E-state index contributed by atoms with van der Waals surface area (Å²) in [6.45, 7) is 5.93. The number of hydrogen-bond donors (Lipinski definition) is 2. The molecule has 2 aromatic rings. The molecule has 1 aromatic carbocycles. The van der Waals surface area contributed by atoms with Crippen molar-refractivity contribution in [1.29, 1.82) is 0 Å². The first kappa shape index (κ1) is 20.2. The second kappa shape index (κ2) is 9.15. The molecule has 7 heteroatoms. The van der Waals surface area contributed by atoms with Crippen molar-refractivity contribution in [3.05, 3.63) is 42.5 Å². The molecule has 2 saturated heterocycles. The van der Waals surface area contributed by atoms with E-state index >= 15 is 0 Å². The van der Waals surface area contributed by atoms with E-state index in [-0.39, 0.29) is 5.92 Å². The van der Waals surface area contributed by atoms with E-state index in [0.29, 0.717) is 6.61 Å². The molecule has 158 valence electrons. The fourth-order valence-electron chi connectivity index (χ4n) is 4.53. The number of nitrogens with one attached hydrogen (secondary N) is 1. The summed E-state index contributed by atoms with van der Waals surface area (Å²) in [4.78, 5) is 6.50. The minimum atomic E-state index is -0.497. The molecule has 2 aliphatic heterocycles. The molecule has 3 heterocycles. The van der Waals surface area contributed by atoms with E-state index in [1.807, 2.05) is 24.7 Å². The average Bonchev–Trinajstić information content (AvgIpc) is 3.25. The van der Waals surface area contributed by atoms with Crippen molar-refractivity contribution in [3.63, 3.8) is 0 Å². The van der Waals surface area contributed by atoms with Gasteiger partial charge in [-0.05, 0) is 31.9 Å². The molecule has 2 fully saturated rings. The fraction of sp³-hybridized carbons (Fsp3) is 0.591. The number of para-hydroxylation sites is 1. The van der Waals surface area contributed by atoms with Crippen molar-refractivity contribution < 1.29 is 14.6 Å². The van der Waals surface area contributed by atoms with E-state index in [1.165, 1.54) is 0 Å². The highest BCUT2D eigenvalue weighted by molar-refractivity contribution is 5.46. The first-order valence-corrected chi connectivity index (χ1v) is 10.6. The van der Waals surface area contributed by atoms with Gasteiger partial charge in [-0.25, -0.2) is 4.98 Å². The summed E-state index contributed by atoms with van der Waals surface area (Å²) in [5, 5.41) is 14.3. The van der Waals surface area contributed by atoms with Crippen molar-refractivity contribution in [2.45, 2.75) is 38.0 Å². The van der Waals surface area contributed by atoms with Crippen molar-refractivity contribution in [2.24, 2.45) is 5.92 Å². The first-order chi connectivity index (χ1) is 14.2. The van der Waals surface area contributed by atoms with Crippen molar-refractivity contribution in [2.75, 3.05) is 39.9 Å². The number of aliphatic hydroxyl groups is 1. The summed E-state index contributed by atoms with van der Waals surface area (Å²) >= 11 is 0. The average molecular weight is 401 g/mol. The highest BCUT2D eigenvalue weighted by Crippen LogP contribution is 2.36. The highest BCUT2D eigenvalue weighted by Gasteiger charge is 2.42. The number of nitrogens with zero attached hydrogens (tertiary/aromatic N) is 3. The number of fused-ring (bicyclic) bond motifs is 1. The molecule has 0 saturated carbocycles. The maximum atomic E-state index is 10.9. The lowest BCUT2D eigenvalue weighted by Crippen LogP contribution is -2.58.